The summed E-state index contributed by atoms with van der Waals surface area (Å²) in [4.78, 5) is 32.5. The summed E-state index contributed by atoms with van der Waals surface area (Å²) in [5.74, 6) is -2.23. The van der Waals surface area contributed by atoms with Gasteiger partial charge in [-0.15, -0.1) is 0 Å². The maximum atomic E-state index is 12.2. The number of aliphatic carboxylic acids is 2. The van der Waals surface area contributed by atoms with Crippen LogP contribution in [0.25, 0.3) is 0 Å². The average molecular weight is 300 g/mol. The maximum absolute atomic E-state index is 12.2. The second-order valence-electron chi connectivity index (χ2n) is 5.67. The Bertz CT molecular complexity index is 368. The van der Waals surface area contributed by atoms with Gasteiger partial charge in [0.25, 0.3) is 0 Å². The Kier molecular flexibility index (Phi) is 7.14. The van der Waals surface area contributed by atoms with Crippen LogP contribution in [0.1, 0.15) is 32.6 Å². The van der Waals surface area contributed by atoms with Crippen molar-refractivity contribution in [2.75, 3.05) is 26.2 Å². The van der Waals surface area contributed by atoms with Crippen LogP contribution in [0.15, 0.2) is 0 Å². The summed E-state index contributed by atoms with van der Waals surface area (Å²) >= 11 is 0. The molecule has 2 aliphatic rings. The molecule has 2 heterocycles. The number of nitrogens with zero attached hydrogens (tertiary/aromatic N) is 1. The molecular formula is C14H24N2O5. The Balaban J connectivity index is 0.000000315. The van der Waals surface area contributed by atoms with E-state index in [1.807, 2.05) is 0 Å². The van der Waals surface area contributed by atoms with Crippen molar-refractivity contribution in [2.24, 2.45) is 11.8 Å². The summed E-state index contributed by atoms with van der Waals surface area (Å²) in [5, 5.41) is 18.1. The highest BCUT2D eigenvalue weighted by molar-refractivity contribution is 6.27. The topological polar surface area (TPSA) is 107 Å². The Morgan fingerprint density at radius 1 is 1.05 bits per heavy atom. The molecule has 3 N–H and O–H groups in total. The van der Waals surface area contributed by atoms with Crippen molar-refractivity contribution in [3.05, 3.63) is 0 Å². The Hall–Kier alpha value is -1.63. The minimum absolute atomic E-state index is 0.302. The number of carboxylic acids is 2. The van der Waals surface area contributed by atoms with E-state index in [4.69, 9.17) is 19.8 Å². The van der Waals surface area contributed by atoms with Gasteiger partial charge in [-0.1, -0.05) is 6.92 Å². The number of carbonyl (C=O) groups is 3. The highest BCUT2D eigenvalue weighted by atomic mass is 16.4. The lowest BCUT2D eigenvalue weighted by Gasteiger charge is -2.34. The molecule has 21 heavy (non-hydrogen) atoms. The summed E-state index contributed by atoms with van der Waals surface area (Å²) in [7, 11) is 0. The second-order valence-corrected chi connectivity index (χ2v) is 5.67. The van der Waals surface area contributed by atoms with Crippen molar-refractivity contribution >= 4 is 17.8 Å². The van der Waals surface area contributed by atoms with Gasteiger partial charge >= 0.3 is 11.9 Å². The highest BCUT2D eigenvalue weighted by Crippen LogP contribution is 2.21. The Labute approximate surface area is 124 Å². The molecular weight excluding hydrogens is 276 g/mol. The van der Waals surface area contributed by atoms with Crippen molar-refractivity contribution in [2.45, 2.75) is 32.6 Å². The number of piperidine rings is 2. The van der Waals surface area contributed by atoms with Crippen LogP contribution in [0, 0.1) is 11.8 Å². The number of hydrogen-bond acceptors (Lipinski definition) is 4. The molecule has 2 rings (SSSR count). The van der Waals surface area contributed by atoms with Gasteiger partial charge in [-0.05, 0) is 44.7 Å². The number of carboxylic acid groups (broad SMARTS) is 2. The fourth-order valence-electron chi connectivity index (χ4n) is 2.72. The molecule has 120 valence electrons. The van der Waals surface area contributed by atoms with E-state index in [1.165, 1.54) is 12.8 Å². The SMILES string of the molecule is CC1CCCN(C(=O)C2CCNCC2)C1.O=C(O)C(=O)O. The van der Waals surface area contributed by atoms with E-state index in [-0.39, 0.29) is 0 Å². The first-order valence-corrected chi connectivity index (χ1v) is 7.37. The van der Waals surface area contributed by atoms with Gasteiger partial charge in [0.2, 0.25) is 5.91 Å². The smallest absolute Gasteiger partial charge is 0.414 e. The molecule has 0 aromatic rings. The fourth-order valence-corrected chi connectivity index (χ4v) is 2.72. The summed E-state index contributed by atoms with van der Waals surface area (Å²) in [6.07, 6.45) is 4.54. The van der Waals surface area contributed by atoms with Gasteiger partial charge in [0.05, 0.1) is 0 Å². The third kappa shape index (κ3) is 6.12. The van der Waals surface area contributed by atoms with Crippen molar-refractivity contribution in [1.82, 2.24) is 10.2 Å². The number of rotatable bonds is 1. The molecule has 0 spiro atoms. The number of likely N-dealkylation sites (tertiary alicyclic amines) is 1. The van der Waals surface area contributed by atoms with Gasteiger partial charge in [0.15, 0.2) is 0 Å². The van der Waals surface area contributed by atoms with Crippen LogP contribution in [0.3, 0.4) is 0 Å². The molecule has 2 fully saturated rings. The minimum atomic E-state index is -1.82. The predicted molar refractivity (Wildman–Crippen MR) is 75.8 cm³/mol. The van der Waals surface area contributed by atoms with Crippen LogP contribution in [-0.4, -0.2) is 59.1 Å². The minimum Gasteiger partial charge on any atom is -0.473 e. The van der Waals surface area contributed by atoms with E-state index < -0.39 is 11.9 Å². The third-order valence-electron chi connectivity index (χ3n) is 3.84. The lowest BCUT2D eigenvalue weighted by molar-refractivity contribution is -0.159. The van der Waals surface area contributed by atoms with Crippen molar-refractivity contribution in [3.63, 3.8) is 0 Å². The monoisotopic (exact) mass is 300 g/mol. The lowest BCUT2D eigenvalue weighted by Crippen LogP contribution is -2.45. The molecule has 2 saturated heterocycles. The predicted octanol–water partition coefficient (Wildman–Crippen LogP) is 0.400. The van der Waals surface area contributed by atoms with Crippen LogP contribution < -0.4 is 5.32 Å². The first-order chi connectivity index (χ1) is 9.91. The zero-order valence-electron chi connectivity index (χ0n) is 12.4. The van der Waals surface area contributed by atoms with Crippen LogP contribution >= 0.6 is 0 Å². The summed E-state index contributed by atoms with van der Waals surface area (Å²) in [6.45, 7) is 6.26. The molecule has 0 aliphatic carbocycles. The molecule has 0 bridgehead atoms. The van der Waals surface area contributed by atoms with E-state index in [2.05, 4.69) is 17.1 Å². The van der Waals surface area contributed by atoms with E-state index >= 15 is 0 Å². The van der Waals surface area contributed by atoms with Crippen molar-refractivity contribution in [1.29, 1.82) is 0 Å². The third-order valence-corrected chi connectivity index (χ3v) is 3.84. The molecule has 7 nitrogen and oxygen atoms in total. The molecule has 0 aromatic heterocycles. The molecule has 1 atom stereocenters. The second kappa shape index (κ2) is 8.61. The lowest BCUT2D eigenvalue weighted by atomic mass is 9.93. The zero-order chi connectivity index (χ0) is 15.8. The maximum Gasteiger partial charge on any atom is 0.414 e. The molecule has 1 amide bonds. The molecule has 7 heteroatoms. The quantitative estimate of drug-likeness (QED) is 0.605. The van der Waals surface area contributed by atoms with Gasteiger partial charge in [0, 0.05) is 19.0 Å². The first-order valence-electron chi connectivity index (χ1n) is 7.37. The number of hydrogen-bond donors (Lipinski definition) is 3. The van der Waals surface area contributed by atoms with Gasteiger partial charge in [-0.25, -0.2) is 9.59 Å². The summed E-state index contributed by atoms with van der Waals surface area (Å²) in [5.41, 5.74) is 0. The zero-order valence-corrected chi connectivity index (χ0v) is 12.4. The first kappa shape index (κ1) is 17.4. The van der Waals surface area contributed by atoms with E-state index in [1.54, 1.807) is 0 Å². The van der Waals surface area contributed by atoms with Crippen LogP contribution in [0.2, 0.25) is 0 Å². The molecule has 2 aliphatic heterocycles. The molecule has 0 aromatic carbocycles. The van der Waals surface area contributed by atoms with Gasteiger partial charge < -0.3 is 20.4 Å². The molecule has 0 radical (unpaired) electrons. The van der Waals surface area contributed by atoms with Crippen molar-refractivity contribution < 1.29 is 24.6 Å². The Morgan fingerprint density at radius 2 is 1.62 bits per heavy atom. The normalized spacial score (nSPS) is 22.9. The van der Waals surface area contributed by atoms with Gasteiger partial charge in [0.1, 0.15) is 0 Å². The van der Waals surface area contributed by atoms with Crippen LogP contribution in [0.4, 0.5) is 0 Å². The Morgan fingerprint density at radius 3 is 2.10 bits per heavy atom. The van der Waals surface area contributed by atoms with E-state index in [9.17, 15) is 4.79 Å². The number of carbonyl (C=O) groups excluding carboxylic acids is 1. The summed E-state index contributed by atoms with van der Waals surface area (Å²) in [6, 6.07) is 0. The largest absolute Gasteiger partial charge is 0.473 e. The summed E-state index contributed by atoms with van der Waals surface area (Å²) < 4.78 is 0. The molecule has 1 unspecified atom stereocenters. The molecule has 0 saturated carbocycles. The van der Waals surface area contributed by atoms with Crippen molar-refractivity contribution in [3.8, 4) is 0 Å². The van der Waals surface area contributed by atoms with Crippen LogP contribution in [0.5, 0.6) is 0 Å². The fraction of sp³-hybridized carbons (Fsp3) is 0.786. The average Bonchev–Trinajstić information content (AvgIpc) is 2.48. The van der Waals surface area contributed by atoms with Crippen LogP contribution in [-0.2, 0) is 14.4 Å². The van der Waals surface area contributed by atoms with E-state index in [0.717, 1.165) is 39.0 Å². The van der Waals surface area contributed by atoms with Gasteiger partial charge in [-0.3, -0.25) is 4.79 Å². The highest BCUT2D eigenvalue weighted by Gasteiger charge is 2.28. The number of amides is 1. The standard InChI is InChI=1S/C12H22N2O.C2H2O4/c1-10-3-2-8-14(9-10)12(15)11-4-6-13-7-5-11;3-1(4)2(5)6/h10-11,13H,2-9H2,1H3;(H,3,4)(H,5,6). The van der Waals surface area contributed by atoms with Gasteiger partial charge in [-0.2, -0.15) is 0 Å². The van der Waals surface area contributed by atoms with E-state index in [0.29, 0.717) is 17.7 Å². The number of nitrogens with one attached hydrogen (secondary N) is 1.